The number of nitrogens with one attached hydrogen (secondary N) is 1. The smallest absolute Gasteiger partial charge is 0.0617 e. The Hall–Kier alpha value is 0.0600. The molecular formula is C12H19BrN2OS. The van der Waals surface area contributed by atoms with Gasteiger partial charge in [0, 0.05) is 27.9 Å². The van der Waals surface area contributed by atoms with Crippen molar-refractivity contribution in [1.29, 1.82) is 0 Å². The molecule has 0 bridgehead atoms. The number of hydrogen-bond donors (Lipinski definition) is 2. The first kappa shape index (κ1) is 13.5. The lowest BCUT2D eigenvalue weighted by Crippen LogP contribution is -2.45. The van der Waals surface area contributed by atoms with Crippen molar-refractivity contribution in [3.63, 3.8) is 0 Å². The minimum atomic E-state index is 0.303. The van der Waals surface area contributed by atoms with Crippen LogP contribution in [0, 0.1) is 5.92 Å². The average Bonchev–Trinajstić information content (AvgIpc) is 2.95. The maximum Gasteiger partial charge on any atom is 0.0617 e. The van der Waals surface area contributed by atoms with Gasteiger partial charge < -0.3 is 4.74 Å². The topological polar surface area (TPSA) is 47.3 Å². The van der Waals surface area contributed by atoms with E-state index in [1.807, 2.05) is 0 Å². The van der Waals surface area contributed by atoms with Crippen molar-refractivity contribution in [2.75, 3.05) is 6.61 Å². The zero-order valence-electron chi connectivity index (χ0n) is 9.99. The van der Waals surface area contributed by atoms with Crippen molar-refractivity contribution < 1.29 is 4.74 Å². The van der Waals surface area contributed by atoms with Crippen molar-refractivity contribution in [3.8, 4) is 0 Å². The Morgan fingerprint density at radius 2 is 2.53 bits per heavy atom. The molecule has 0 spiro atoms. The van der Waals surface area contributed by atoms with Crippen LogP contribution >= 0.6 is 27.3 Å². The van der Waals surface area contributed by atoms with E-state index in [0.29, 0.717) is 18.1 Å². The van der Waals surface area contributed by atoms with Crippen molar-refractivity contribution in [1.82, 2.24) is 5.43 Å². The van der Waals surface area contributed by atoms with Crippen LogP contribution in [0.4, 0.5) is 0 Å². The number of halogens is 1. The molecule has 3 unspecified atom stereocenters. The van der Waals surface area contributed by atoms with Crippen LogP contribution < -0.4 is 11.3 Å². The third-order valence-corrected chi connectivity index (χ3v) is 5.44. The number of nitrogens with two attached hydrogens (primary N) is 1. The zero-order chi connectivity index (χ0) is 12.3. The zero-order valence-corrected chi connectivity index (χ0v) is 12.4. The van der Waals surface area contributed by atoms with Crippen molar-refractivity contribution in [3.05, 3.63) is 20.8 Å². The molecule has 1 aromatic rings. The molecule has 0 amide bonds. The molecule has 0 radical (unpaired) electrons. The molecule has 96 valence electrons. The largest absolute Gasteiger partial charge is 0.378 e. The number of rotatable bonds is 5. The Kier molecular flexibility index (Phi) is 4.99. The average molecular weight is 319 g/mol. The highest BCUT2D eigenvalue weighted by atomic mass is 79.9. The van der Waals surface area contributed by atoms with Gasteiger partial charge in [0.1, 0.15) is 0 Å². The summed E-state index contributed by atoms with van der Waals surface area (Å²) < 4.78 is 6.93. The van der Waals surface area contributed by atoms with Crippen LogP contribution in [0.15, 0.2) is 15.9 Å². The first-order chi connectivity index (χ1) is 8.26. The maximum absolute atomic E-state index is 5.74. The lowest BCUT2D eigenvalue weighted by molar-refractivity contribution is 0.0775. The summed E-state index contributed by atoms with van der Waals surface area (Å²) in [6, 6.07) is 2.40. The van der Waals surface area contributed by atoms with Crippen molar-refractivity contribution in [2.24, 2.45) is 11.8 Å². The summed E-state index contributed by atoms with van der Waals surface area (Å²) in [6.07, 6.45) is 3.50. The first-order valence-electron chi connectivity index (χ1n) is 6.05. The lowest BCUT2D eigenvalue weighted by Gasteiger charge is -2.26. The summed E-state index contributed by atoms with van der Waals surface area (Å²) in [5, 5.41) is 2.11. The van der Waals surface area contributed by atoms with E-state index >= 15 is 0 Å². The predicted octanol–water partition coefficient (Wildman–Crippen LogP) is 2.70. The fraction of sp³-hybridized carbons (Fsp3) is 0.667. The number of thiophene rings is 1. The minimum absolute atomic E-state index is 0.303. The number of hydrazine groups is 1. The van der Waals surface area contributed by atoms with Crippen LogP contribution in [0.1, 0.15) is 24.6 Å². The number of hydrogen-bond acceptors (Lipinski definition) is 4. The second-order valence-electron chi connectivity index (χ2n) is 4.44. The molecular weight excluding hydrogens is 300 g/mol. The Labute approximate surface area is 115 Å². The standard InChI is InChI=1S/C12H19BrN2OS/c1-2-11-8(3-5-16-11)10(15-14)7-12-9(13)4-6-17-12/h4,6,8,10-11,15H,2-3,5,7,14H2,1H3. The van der Waals surface area contributed by atoms with Gasteiger partial charge in [-0.1, -0.05) is 6.92 Å². The van der Waals surface area contributed by atoms with Crippen LogP contribution in [-0.2, 0) is 11.2 Å². The summed E-state index contributed by atoms with van der Waals surface area (Å²) in [5.74, 6) is 6.25. The quantitative estimate of drug-likeness (QED) is 0.648. The van der Waals surface area contributed by atoms with Crippen LogP contribution in [0.25, 0.3) is 0 Å². The molecule has 5 heteroatoms. The molecule has 1 aliphatic heterocycles. The Morgan fingerprint density at radius 1 is 1.71 bits per heavy atom. The minimum Gasteiger partial charge on any atom is -0.378 e. The van der Waals surface area contributed by atoms with E-state index in [4.69, 9.17) is 10.6 Å². The Morgan fingerprint density at radius 3 is 3.12 bits per heavy atom. The highest BCUT2D eigenvalue weighted by molar-refractivity contribution is 9.10. The Bertz CT molecular complexity index is 358. The monoisotopic (exact) mass is 318 g/mol. The van der Waals surface area contributed by atoms with Gasteiger partial charge in [0.25, 0.3) is 0 Å². The van der Waals surface area contributed by atoms with E-state index < -0.39 is 0 Å². The fourth-order valence-corrected chi connectivity index (χ4v) is 4.12. The highest BCUT2D eigenvalue weighted by Crippen LogP contribution is 2.31. The van der Waals surface area contributed by atoms with Gasteiger partial charge in [-0.15, -0.1) is 11.3 Å². The fourth-order valence-electron chi connectivity index (χ4n) is 2.55. The molecule has 1 aliphatic rings. The lowest BCUT2D eigenvalue weighted by atomic mass is 9.89. The van der Waals surface area contributed by atoms with E-state index in [-0.39, 0.29) is 0 Å². The van der Waals surface area contributed by atoms with Gasteiger partial charge >= 0.3 is 0 Å². The van der Waals surface area contributed by atoms with Gasteiger partial charge in [-0.2, -0.15) is 0 Å². The van der Waals surface area contributed by atoms with Crippen molar-refractivity contribution in [2.45, 2.75) is 38.3 Å². The van der Waals surface area contributed by atoms with Crippen molar-refractivity contribution >= 4 is 27.3 Å². The van der Waals surface area contributed by atoms with E-state index in [1.54, 1.807) is 11.3 Å². The summed E-state index contributed by atoms with van der Waals surface area (Å²) in [4.78, 5) is 1.36. The summed E-state index contributed by atoms with van der Waals surface area (Å²) in [7, 11) is 0. The first-order valence-corrected chi connectivity index (χ1v) is 7.73. The molecule has 2 rings (SSSR count). The van der Waals surface area contributed by atoms with E-state index in [2.05, 4.69) is 39.7 Å². The van der Waals surface area contributed by atoms with Gasteiger partial charge in [0.15, 0.2) is 0 Å². The van der Waals surface area contributed by atoms with Crippen LogP contribution in [-0.4, -0.2) is 18.8 Å². The predicted molar refractivity (Wildman–Crippen MR) is 75.0 cm³/mol. The van der Waals surface area contributed by atoms with Gasteiger partial charge in [-0.3, -0.25) is 11.3 Å². The van der Waals surface area contributed by atoms with Gasteiger partial charge in [0.05, 0.1) is 6.10 Å². The Balaban J connectivity index is 2.03. The highest BCUT2D eigenvalue weighted by Gasteiger charge is 2.33. The molecule has 17 heavy (non-hydrogen) atoms. The molecule has 3 N–H and O–H groups in total. The summed E-state index contributed by atoms with van der Waals surface area (Å²) in [6.45, 7) is 3.05. The summed E-state index contributed by atoms with van der Waals surface area (Å²) >= 11 is 5.35. The van der Waals surface area contributed by atoms with E-state index in [9.17, 15) is 0 Å². The normalized spacial score (nSPS) is 26.3. The van der Waals surface area contributed by atoms with Crippen LogP contribution in [0.5, 0.6) is 0 Å². The van der Waals surface area contributed by atoms with Crippen LogP contribution in [0.2, 0.25) is 0 Å². The summed E-state index contributed by atoms with van der Waals surface area (Å²) in [5.41, 5.74) is 2.98. The molecule has 1 aromatic heterocycles. The van der Waals surface area contributed by atoms with E-state index in [0.717, 1.165) is 25.9 Å². The third kappa shape index (κ3) is 3.09. The molecule has 3 atom stereocenters. The van der Waals surface area contributed by atoms with Gasteiger partial charge in [-0.05, 0) is 46.6 Å². The molecule has 0 aliphatic carbocycles. The molecule has 2 heterocycles. The second kappa shape index (κ2) is 6.29. The molecule has 3 nitrogen and oxygen atoms in total. The third-order valence-electron chi connectivity index (χ3n) is 3.49. The second-order valence-corrected chi connectivity index (χ2v) is 6.29. The van der Waals surface area contributed by atoms with E-state index in [1.165, 1.54) is 9.35 Å². The molecule has 0 saturated carbocycles. The van der Waals surface area contributed by atoms with Crippen LogP contribution in [0.3, 0.4) is 0 Å². The maximum atomic E-state index is 5.74. The SMILES string of the molecule is CCC1OCCC1C(Cc1sccc1Br)NN. The molecule has 1 saturated heterocycles. The van der Waals surface area contributed by atoms with Gasteiger partial charge in [0.2, 0.25) is 0 Å². The van der Waals surface area contributed by atoms with Gasteiger partial charge in [-0.25, -0.2) is 0 Å². The molecule has 0 aromatic carbocycles. The number of ether oxygens (including phenoxy) is 1. The molecule has 1 fully saturated rings.